The van der Waals surface area contributed by atoms with Gasteiger partial charge in [0.15, 0.2) is 6.61 Å². The predicted octanol–water partition coefficient (Wildman–Crippen LogP) is 4.37. The molecule has 2 aromatic carbocycles. The highest BCUT2D eigenvalue weighted by molar-refractivity contribution is 5.94. The van der Waals surface area contributed by atoms with Gasteiger partial charge in [-0.05, 0) is 47.7 Å². The first-order valence-electron chi connectivity index (χ1n) is 9.10. The van der Waals surface area contributed by atoms with Crippen LogP contribution in [0.15, 0.2) is 48.5 Å². The molecule has 1 N–H and O–H groups in total. The Kier molecular flexibility index (Phi) is 6.61. The molecule has 2 aromatic rings. The molecule has 0 saturated heterocycles. The summed E-state index contributed by atoms with van der Waals surface area (Å²) in [5, 5.41) is 2.79. The average Bonchev–Trinajstić information content (AvgIpc) is 2.66. The van der Waals surface area contributed by atoms with E-state index in [2.05, 4.69) is 26.1 Å². The lowest BCUT2D eigenvalue weighted by molar-refractivity contribution is -0.118. The van der Waals surface area contributed by atoms with Crippen LogP contribution in [0.3, 0.4) is 0 Å². The fourth-order valence-electron chi connectivity index (χ4n) is 2.53. The van der Waals surface area contributed by atoms with Crippen molar-refractivity contribution in [3.8, 4) is 5.75 Å². The van der Waals surface area contributed by atoms with Crippen molar-refractivity contribution < 1.29 is 14.3 Å². The molecule has 0 saturated carbocycles. The van der Waals surface area contributed by atoms with Gasteiger partial charge in [0.05, 0.1) is 0 Å². The number of hydrogen-bond acceptors (Lipinski definition) is 3. The second kappa shape index (κ2) is 8.71. The molecule has 0 bridgehead atoms. The van der Waals surface area contributed by atoms with E-state index in [9.17, 15) is 9.59 Å². The molecule has 0 aliphatic rings. The summed E-state index contributed by atoms with van der Waals surface area (Å²) in [5.41, 5.74) is 2.70. The highest BCUT2D eigenvalue weighted by atomic mass is 16.5. The Hall–Kier alpha value is -2.82. The van der Waals surface area contributed by atoms with E-state index in [0.29, 0.717) is 11.4 Å². The summed E-state index contributed by atoms with van der Waals surface area (Å²) in [4.78, 5) is 25.1. The molecule has 0 heterocycles. The summed E-state index contributed by atoms with van der Waals surface area (Å²) in [7, 11) is 1.69. The van der Waals surface area contributed by atoms with Crippen molar-refractivity contribution in [3.63, 3.8) is 0 Å². The first-order valence-corrected chi connectivity index (χ1v) is 9.10. The van der Waals surface area contributed by atoms with E-state index in [-0.39, 0.29) is 23.8 Å². The summed E-state index contributed by atoms with van der Waals surface area (Å²) in [6.07, 6.45) is 1.05. The second-order valence-electron chi connectivity index (χ2n) is 7.23. The highest BCUT2D eigenvalue weighted by Gasteiger charge is 2.17. The van der Waals surface area contributed by atoms with E-state index in [1.54, 1.807) is 25.2 Å². The predicted molar refractivity (Wildman–Crippen MR) is 109 cm³/mol. The Balaban J connectivity index is 1.93. The largest absolute Gasteiger partial charge is 0.484 e. The minimum Gasteiger partial charge on any atom is -0.484 e. The lowest BCUT2D eigenvalue weighted by atomic mass is 9.82. The van der Waals surface area contributed by atoms with Gasteiger partial charge in [0.2, 0.25) is 5.91 Å². The van der Waals surface area contributed by atoms with Crippen LogP contribution in [0.5, 0.6) is 5.75 Å². The van der Waals surface area contributed by atoms with Gasteiger partial charge in [0, 0.05) is 25.3 Å². The summed E-state index contributed by atoms with van der Waals surface area (Å²) >= 11 is 0. The molecule has 2 amide bonds. The summed E-state index contributed by atoms with van der Waals surface area (Å²) in [6.45, 7) is 7.98. The molecule has 2 rings (SSSR count). The summed E-state index contributed by atoms with van der Waals surface area (Å²) in [6, 6.07) is 15.0. The molecule has 144 valence electrons. The monoisotopic (exact) mass is 368 g/mol. The third-order valence-corrected chi connectivity index (χ3v) is 4.88. The minimum atomic E-state index is -0.254. The Morgan fingerprint density at radius 2 is 1.78 bits per heavy atom. The normalized spacial score (nSPS) is 11.0. The summed E-state index contributed by atoms with van der Waals surface area (Å²) < 4.78 is 5.58. The molecule has 0 aliphatic carbocycles. The van der Waals surface area contributed by atoms with Gasteiger partial charge in [-0.1, -0.05) is 39.0 Å². The maximum Gasteiger partial charge on any atom is 0.262 e. The van der Waals surface area contributed by atoms with Crippen molar-refractivity contribution in [1.29, 1.82) is 0 Å². The molecule has 0 atom stereocenters. The fraction of sp³-hybridized carbons (Fsp3) is 0.364. The quantitative estimate of drug-likeness (QED) is 0.789. The van der Waals surface area contributed by atoms with E-state index in [1.165, 1.54) is 17.4 Å². The van der Waals surface area contributed by atoms with Gasteiger partial charge in [-0.2, -0.15) is 0 Å². The third kappa shape index (κ3) is 5.58. The lowest BCUT2D eigenvalue weighted by Crippen LogP contribution is -2.23. The average molecular weight is 368 g/mol. The number of rotatable bonds is 7. The zero-order valence-electron chi connectivity index (χ0n) is 16.7. The SMILES string of the molecule is CCC(C)(C)c1ccc(OCC(=O)Nc2cccc(N(C)C(C)=O)c2)cc1. The van der Waals surface area contributed by atoms with Gasteiger partial charge < -0.3 is 15.0 Å². The van der Waals surface area contributed by atoms with E-state index in [4.69, 9.17) is 4.74 Å². The van der Waals surface area contributed by atoms with Crippen LogP contribution in [0.1, 0.15) is 39.7 Å². The number of benzene rings is 2. The van der Waals surface area contributed by atoms with Crippen LogP contribution < -0.4 is 15.0 Å². The van der Waals surface area contributed by atoms with E-state index in [0.717, 1.165) is 12.1 Å². The minimum absolute atomic E-state index is 0.0727. The Bertz CT molecular complexity index is 797. The van der Waals surface area contributed by atoms with Crippen LogP contribution >= 0.6 is 0 Å². The molecule has 0 fully saturated rings. The van der Waals surface area contributed by atoms with Crippen molar-refractivity contribution in [2.75, 3.05) is 23.9 Å². The van der Waals surface area contributed by atoms with Gasteiger partial charge in [-0.25, -0.2) is 0 Å². The fourth-order valence-corrected chi connectivity index (χ4v) is 2.53. The molecule has 5 nitrogen and oxygen atoms in total. The van der Waals surface area contributed by atoms with Gasteiger partial charge >= 0.3 is 0 Å². The smallest absolute Gasteiger partial charge is 0.262 e. The van der Waals surface area contributed by atoms with Crippen molar-refractivity contribution in [3.05, 3.63) is 54.1 Å². The van der Waals surface area contributed by atoms with E-state index in [1.807, 2.05) is 30.3 Å². The number of carbonyl (C=O) groups excluding carboxylic acids is 2. The Labute approximate surface area is 161 Å². The van der Waals surface area contributed by atoms with Crippen LogP contribution in [-0.4, -0.2) is 25.5 Å². The maximum absolute atomic E-state index is 12.2. The molecule has 5 heteroatoms. The van der Waals surface area contributed by atoms with Gasteiger partial charge in [0.25, 0.3) is 5.91 Å². The first-order chi connectivity index (χ1) is 12.7. The van der Waals surface area contributed by atoms with Crippen LogP contribution in [0.25, 0.3) is 0 Å². The first kappa shape index (κ1) is 20.5. The van der Waals surface area contributed by atoms with Crippen LogP contribution in [0.2, 0.25) is 0 Å². The molecular weight excluding hydrogens is 340 g/mol. The Morgan fingerprint density at radius 1 is 1.11 bits per heavy atom. The molecule has 27 heavy (non-hydrogen) atoms. The lowest BCUT2D eigenvalue weighted by Gasteiger charge is -2.23. The third-order valence-electron chi connectivity index (χ3n) is 4.88. The number of anilines is 2. The van der Waals surface area contributed by atoms with Gasteiger partial charge in [-0.3, -0.25) is 9.59 Å². The zero-order chi connectivity index (χ0) is 20.0. The second-order valence-corrected chi connectivity index (χ2v) is 7.23. The summed E-state index contributed by atoms with van der Waals surface area (Å²) in [5.74, 6) is 0.331. The van der Waals surface area contributed by atoms with Crippen molar-refractivity contribution >= 4 is 23.2 Å². The van der Waals surface area contributed by atoms with E-state index < -0.39 is 0 Å². The molecule has 0 spiro atoms. The number of hydrogen-bond donors (Lipinski definition) is 1. The molecule has 0 aliphatic heterocycles. The van der Waals surface area contributed by atoms with Crippen LogP contribution in [0.4, 0.5) is 11.4 Å². The highest BCUT2D eigenvalue weighted by Crippen LogP contribution is 2.28. The van der Waals surface area contributed by atoms with Crippen LogP contribution in [0, 0.1) is 0 Å². The number of carbonyl (C=O) groups is 2. The van der Waals surface area contributed by atoms with Crippen molar-refractivity contribution in [2.24, 2.45) is 0 Å². The van der Waals surface area contributed by atoms with Crippen molar-refractivity contribution in [2.45, 2.75) is 39.5 Å². The number of nitrogens with one attached hydrogen (secondary N) is 1. The molecule has 0 radical (unpaired) electrons. The van der Waals surface area contributed by atoms with Gasteiger partial charge in [-0.15, -0.1) is 0 Å². The van der Waals surface area contributed by atoms with Crippen LogP contribution in [-0.2, 0) is 15.0 Å². The number of ether oxygens (including phenoxy) is 1. The Morgan fingerprint density at radius 3 is 2.37 bits per heavy atom. The van der Waals surface area contributed by atoms with E-state index >= 15 is 0 Å². The molecular formula is C22H28N2O3. The zero-order valence-corrected chi connectivity index (χ0v) is 16.7. The molecule has 0 unspecified atom stereocenters. The topological polar surface area (TPSA) is 58.6 Å². The van der Waals surface area contributed by atoms with Crippen molar-refractivity contribution in [1.82, 2.24) is 0 Å². The number of amides is 2. The molecule has 0 aromatic heterocycles. The standard InChI is InChI=1S/C22H28N2O3/c1-6-22(3,4)17-10-12-20(13-11-17)27-15-21(26)23-18-8-7-9-19(14-18)24(5)16(2)25/h7-14H,6,15H2,1-5H3,(H,23,26). The maximum atomic E-state index is 12.2. The number of nitrogens with zero attached hydrogens (tertiary/aromatic N) is 1. The van der Waals surface area contributed by atoms with Gasteiger partial charge in [0.1, 0.15) is 5.75 Å².